The standard InChI is InChI=1S/C20H20N4O3S/c25-18(17-14-24(22-21-17)13-16-7-4-12-28-16)23-10-8-20(9-11-23,19(26)27)15-5-2-1-3-6-15/h1-7,12,14H,8-11,13H2,(H,26,27). The van der Waals surface area contributed by atoms with Crippen LogP contribution < -0.4 is 0 Å². The van der Waals surface area contributed by atoms with E-state index >= 15 is 0 Å². The third kappa shape index (κ3) is 3.43. The Balaban J connectivity index is 1.45. The zero-order chi connectivity index (χ0) is 19.6. The van der Waals surface area contributed by atoms with Crippen LogP contribution in [0.2, 0.25) is 0 Å². The molecule has 144 valence electrons. The average Bonchev–Trinajstić information content (AvgIpc) is 3.41. The summed E-state index contributed by atoms with van der Waals surface area (Å²) in [7, 11) is 0. The molecule has 4 rings (SSSR count). The summed E-state index contributed by atoms with van der Waals surface area (Å²) in [6.07, 6.45) is 2.40. The molecule has 0 atom stereocenters. The van der Waals surface area contributed by atoms with Crippen LogP contribution in [0.3, 0.4) is 0 Å². The quantitative estimate of drug-likeness (QED) is 0.716. The van der Waals surface area contributed by atoms with Gasteiger partial charge in [-0.25, -0.2) is 4.68 Å². The highest BCUT2D eigenvalue weighted by Gasteiger charge is 2.44. The van der Waals surface area contributed by atoms with Crippen molar-refractivity contribution in [3.05, 3.63) is 70.2 Å². The first-order valence-corrected chi connectivity index (χ1v) is 9.97. The number of carbonyl (C=O) groups excluding carboxylic acids is 1. The zero-order valence-electron chi connectivity index (χ0n) is 15.2. The highest BCUT2D eigenvalue weighted by molar-refractivity contribution is 7.09. The van der Waals surface area contributed by atoms with Crippen LogP contribution in [0.15, 0.2) is 54.0 Å². The maximum atomic E-state index is 12.8. The van der Waals surface area contributed by atoms with E-state index in [1.54, 1.807) is 27.1 Å². The number of carboxylic acids is 1. The lowest BCUT2D eigenvalue weighted by Crippen LogP contribution is -2.49. The van der Waals surface area contributed by atoms with E-state index in [0.717, 1.165) is 10.4 Å². The topological polar surface area (TPSA) is 88.3 Å². The third-order valence-corrected chi connectivity index (χ3v) is 6.16. The molecular weight excluding hydrogens is 376 g/mol. The molecule has 1 aromatic carbocycles. The summed E-state index contributed by atoms with van der Waals surface area (Å²) in [5.41, 5.74) is 0.130. The van der Waals surface area contributed by atoms with Crippen LogP contribution in [0.4, 0.5) is 0 Å². The van der Waals surface area contributed by atoms with Crippen molar-refractivity contribution in [2.45, 2.75) is 24.8 Å². The molecule has 1 fully saturated rings. The maximum Gasteiger partial charge on any atom is 0.314 e. The minimum absolute atomic E-state index is 0.204. The Labute approximate surface area is 166 Å². The molecule has 1 aliphatic rings. The summed E-state index contributed by atoms with van der Waals surface area (Å²) >= 11 is 1.62. The highest BCUT2D eigenvalue weighted by atomic mass is 32.1. The fourth-order valence-electron chi connectivity index (χ4n) is 3.67. The number of aromatic nitrogens is 3. The number of carbonyl (C=O) groups is 2. The lowest BCUT2D eigenvalue weighted by atomic mass is 9.73. The van der Waals surface area contributed by atoms with Gasteiger partial charge in [0, 0.05) is 18.0 Å². The molecular formula is C20H20N4O3S. The number of aliphatic carboxylic acids is 1. The van der Waals surface area contributed by atoms with Crippen LogP contribution in [0, 0.1) is 0 Å². The Bertz CT molecular complexity index is 961. The van der Waals surface area contributed by atoms with Gasteiger partial charge >= 0.3 is 5.97 Å². The molecule has 0 spiro atoms. The predicted octanol–water partition coefficient (Wildman–Crippen LogP) is 2.65. The highest BCUT2D eigenvalue weighted by Crippen LogP contribution is 2.36. The predicted molar refractivity (Wildman–Crippen MR) is 104 cm³/mol. The second kappa shape index (κ2) is 7.55. The molecule has 3 aromatic rings. The second-order valence-corrected chi connectivity index (χ2v) is 7.96. The number of likely N-dealkylation sites (tertiary alicyclic amines) is 1. The van der Waals surface area contributed by atoms with Gasteiger partial charge in [-0.05, 0) is 29.9 Å². The van der Waals surface area contributed by atoms with E-state index in [4.69, 9.17) is 0 Å². The molecule has 3 heterocycles. The lowest BCUT2D eigenvalue weighted by molar-refractivity contribution is -0.145. The zero-order valence-corrected chi connectivity index (χ0v) is 16.0. The van der Waals surface area contributed by atoms with E-state index in [1.165, 1.54) is 0 Å². The summed E-state index contributed by atoms with van der Waals surface area (Å²) < 4.78 is 1.65. The van der Waals surface area contributed by atoms with E-state index in [0.29, 0.717) is 38.2 Å². The first-order valence-electron chi connectivity index (χ1n) is 9.09. The molecule has 28 heavy (non-hydrogen) atoms. The van der Waals surface area contributed by atoms with Gasteiger partial charge in [-0.15, -0.1) is 16.4 Å². The van der Waals surface area contributed by atoms with Crippen LogP contribution in [-0.2, 0) is 16.8 Å². The van der Waals surface area contributed by atoms with E-state index in [1.807, 2.05) is 47.8 Å². The van der Waals surface area contributed by atoms with E-state index in [2.05, 4.69) is 10.3 Å². The largest absolute Gasteiger partial charge is 0.481 e. The van der Waals surface area contributed by atoms with Crippen LogP contribution in [-0.4, -0.2) is 50.0 Å². The van der Waals surface area contributed by atoms with Crippen molar-refractivity contribution < 1.29 is 14.7 Å². The van der Waals surface area contributed by atoms with Gasteiger partial charge in [0.1, 0.15) is 0 Å². The number of hydrogen-bond donors (Lipinski definition) is 1. The summed E-state index contributed by atoms with van der Waals surface area (Å²) in [6, 6.07) is 13.2. The number of rotatable bonds is 5. The normalized spacial score (nSPS) is 16.1. The average molecular weight is 396 g/mol. The fraction of sp³-hybridized carbons (Fsp3) is 0.300. The van der Waals surface area contributed by atoms with Gasteiger partial charge in [0.15, 0.2) is 5.69 Å². The fourth-order valence-corrected chi connectivity index (χ4v) is 4.37. The second-order valence-electron chi connectivity index (χ2n) is 6.93. The van der Waals surface area contributed by atoms with Crippen LogP contribution >= 0.6 is 11.3 Å². The molecule has 0 aliphatic carbocycles. The first kappa shape index (κ1) is 18.4. The smallest absolute Gasteiger partial charge is 0.314 e. The molecule has 8 heteroatoms. The Kier molecular flexibility index (Phi) is 4.95. The van der Waals surface area contributed by atoms with E-state index < -0.39 is 11.4 Å². The van der Waals surface area contributed by atoms with Gasteiger partial charge in [-0.3, -0.25) is 9.59 Å². The number of thiophene rings is 1. The molecule has 1 N–H and O–H groups in total. The van der Waals surface area contributed by atoms with Gasteiger partial charge in [0.2, 0.25) is 0 Å². The Morgan fingerprint density at radius 2 is 1.86 bits per heavy atom. The summed E-state index contributed by atoms with van der Waals surface area (Å²) in [4.78, 5) is 27.7. The molecule has 1 aliphatic heterocycles. The Morgan fingerprint density at radius 3 is 2.50 bits per heavy atom. The summed E-state index contributed by atoms with van der Waals surface area (Å²) in [5.74, 6) is -1.04. The van der Waals surface area contributed by atoms with Crippen LogP contribution in [0.25, 0.3) is 0 Å². The SMILES string of the molecule is O=C(c1cn(Cc2cccs2)nn1)N1CCC(C(=O)O)(c2ccccc2)CC1. The van der Waals surface area contributed by atoms with Gasteiger partial charge < -0.3 is 10.0 Å². The van der Waals surface area contributed by atoms with Crippen LogP contribution in [0.1, 0.15) is 33.8 Å². The number of hydrogen-bond acceptors (Lipinski definition) is 5. The molecule has 1 amide bonds. The molecule has 0 radical (unpaired) electrons. The molecule has 0 bridgehead atoms. The van der Waals surface area contributed by atoms with Crippen molar-refractivity contribution >= 4 is 23.2 Å². The number of nitrogens with zero attached hydrogens (tertiary/aromatic N) is 4. The minimum Gasteiger partial charge on any atom is -0.481 e. The van der Waals surface area contributed by atoms with Crippen molar-refractivity contribution in [2.75, 3.05) is 13.1 Å². The number of carboxylic acid groups (broad SMARTS) is 1. The summed E-state index contributed by atoms with van der Waals surface area (Å²) in [5, 5.41) is 19.9. The number of benzene rings is 1. The van der Waals surface area contributed by atoms with Gasteiger partial charge in [0.25, 0.3) is 5.91 Å². The van der Waals surface area contributed by atoms with E-state index in [-0.39, 0.29) is 5.91 Å². The van der Waals surface area contributed by atoms with Crippen LogP contribution in [0.5, 0.6) is 0 Å². The Morgan fingerprint density at radius 1 is 1.11 bits per heavy atom. The van der Waals surface area contributed by atoms with Crippen molar-refractivity contribution in [2.24, 2.45) is 0 Å². The lowest BCUT2D eigenvalue weighted by Gasteiger charge is -2.39. The van der Waals surface area contributed by atoms with Crippen molar-refractivity contribution in [3.63, 3.8) is 0 Å². The number of amides is 1. The maximum absolute atomic E-state index is 12.8. The monoisotopic (exact) mass is 396 g/mol. The number of piperidine rings is 1. The third-order valence-electron chi connectivity index (χ3n) is 5.30. The minimum atomic E-state index is -0.950. The molecule has 2 aromatic heterocycles. The van der Waals surface area contributed by atoms with Crippen molar-refractivity contribution in [3.8, 4) is 0 Å². The molecule has 0 unspecified atom stereocenters. The van der Waals surface area contributed by atoms with Gasteiger partial charge in [-0.2, -0.15) is 0 Å². The van der Waals surface area contributed by atoms with Crippen molar-refractivity contribution in [1.82, 2.24) is 19.9 Å². The van der Waals surface area contributed by atoms with E-state index in [9.17, 15) is 14.7 Å². The summed E-state index contributed by atoms with van der Waals surface area (Å²) in [6.45, 7) is 1.32. The van der Waals surface area contributed by atoms with Gasteiger partial charge in [-0.1, -0.05) is 41.6 Å². The molecule has 0 saturated carbocycles. The molecule has 7 nitrogen and oxygen atoms in total. The Hall–Kier alpha value is -3.00. The van der Waals surface area contributed by atoms with Gasteiger partial charge in [0.05, 0.1) is 18.2 Å². The molecule has 1 saturated heterocycles. The first-order chi connectivity index (χ1) is 13.6. The van der Waals surface area contributed by atoms with Crippen molar-refractivity contribution in [1.29, 1.82) is 0 Å².